The predicted molar refractivity (Wildman–Crippen MR) is 81.6 cm³/mol. The van der Waals surface area contributed by atoms with E-state index in [1.54, 1.807) is 0 Å². The standard InChI is InChI=1S/C12H25N3.HI/c1-4-5-6-7-8-14-12(13-3)15-11-9-10(11)2;/h10-11H,4-9H2,1-3H3,(H2,13,14,15);1H. The van der Waals surface area contributed by atoms with Gasteiger partial charge in [-0.15, -0.1) is 24.0 Å². The Labute approximate surface area is 117 Å². The van der Waals surface area contributed by atoms with Crippen molar-refractivity contribution >= 4 is 29.9 Å². The van der Waals surface area contributed by atoms with Gasteiger partial charge in [0.25, 0.3) is 0 Å². The van der Waals surface area contributed by atoms with E-state index in [-0.39, 0.29) is 24.0 Å². The SMILES string of the molecule is CCCCCCNC(=NC)NC1CC1C.I. The second-order valence-corrected chi connectivity index (χ2v) is 4.52. The average Bonchev–Trinajstić information content (AvgIpc) is 2.92. The molecule has 1 fully saturated rings. The van der Waals surface area contributed by atoms with Crippen LogP contribution in [0.1, 0.15) is 46.0 Å². The first kappa shape index (κ1) is 16.0. The van der Waals surface area contributed by atoms with E-state index >= 15 is 0 Å². The molecule has 96 valence electrons. The number of unbranched alkanes of at least 4 members (excludes halogenated alkanes) is 3. The molecule has 0 aromatic carbocycles. The van der Waals surface area contributed by atoms with Crippen LogP contribution in [0.2, 0.25) is 0 Å². The highest BCUT2D eigenvalue weighted by atomic mass is 127. The van der Waals surface area contributed by atoms with Gasteiger partial charge in [-0.25, -0.2) is 0 Å². The van der Waals surface area contributed by atoms with Gasteiger partial charge in [-0.2, -0.15) is 0 Å². The molecule has 2 N–H and O–H groups in total. The molecule has 0 radical (unpaired) electrons. The Hall–Kier alpha value is 0. The molecule has 16 heavy (non-hydrogen) atoms. The van der Waals surface area contributed by atoms with Crippen LogP contribution in [0.15, 0.2) is 4.99 Å². The fourth-order valence-electron chi connectivity index (χ4n) is 1.65. The van der Waals surface area contributed by atoms with Crippen molar-refractivity contribution in [1.82, 2.24) is 10.6 Å². The lowest BCUT2D eigenvalue weighted by molar-refractivity contribution is 0.645. The van der Waals surface area contributed by atoms with Crippen LogP contribution in [0.3, 0.4) is 0 Å². The smallest absolute Gasteiger partial charge is 0.191 e. The first-order valence-electron chi connectivity index (χ1n) is 6.25. The third-order valence-corrected chi connectivity index (χ3v) is 2.98. The van der Waals surface area contributed by atoms with Crippen LogP contribution in [0.5, 0.6) is 0 Å². The molecule has 1 rings (SSSR count). The zero-order valence-electron chi connectivity index (χ0n) is 10.8. The Morgan fingerprint density at radius 2 is 2.00 bits per heavy atom. The molecule has 1 saturated carbocycles. The van der Waals surface area contributed by atoms with Crippen LogP contribution in [-0.4, -0.2) is 25.6 Å². The second-order valence-electron chi connectivity index (χ2n) is 4.52. The summed E-state index contributed by atoms with van der Waals surface area (Å²) < 4.78 is 0. The summed E-state index contributed by atoms with van der Waals surface area (Å²) in [7, 11) is 1.84. The molecule has 0 aromatic rings. The summed E-state index contributed by atoms with van der Waals surface area (Å²) in [5.41, 5.74) is 0. The molecule has 0 spiro atoms. The molecule has 0 heterocycles. The van der Waals surface area contributed by atoms with Gasteiger partial charge in [0.2, 0.25) is 0 Å². The topological polar surface area (TPSA) is 36.4 Å². The van der Waals surface area contributed by atoms with Crippen LogP contribution in [0, 0.1) is 5.92 Å². The minimum atomic E-state index is 0. The van der Waals surface area contributed by atoms with E-state index in [0.29, 0.717) is 6.04 Å². The molecule has 0 aliphatic heterocycles. The van der Waals surface area contributed by atoms with Crippen molar-refractivity contribution in [3.63, 3.8) is 0 Å². The molecule has 0 aromatic heterocycles. The minimum absolute atomic E-state index is 0. The Kier molecular flexibility index (Phi) is 9.07. The normalized spacial score (nSPS) is 23.6. The van der Waals surface area contributed by atoms with E-state index in [1.807, 2.05) is 7.05 Å². The average molecular weight is 339 g/mol. The van der Waals surface area contributed by atoms with E-state index in [9.17, 15) is 0 Å². The van der Waals surface area contributed by atoms with E-state index in [1.165, 1.54) is 32.1 Å². The number of rotatable bonds is 6. The van der Waals surface area contributed by atoms with Gasteiger partial charge in [0.1, 0.15) is 0 Å². The summed E-state index contributed by atoms with van der Waals surface area (Å²) in [6, 6.07) is 0.659. The summed E-state index contributed by atoms with van der Waals surface area (Å²) in [5.74, 6) is 1.80. The Bertz CT molecular complexity index is 206. The summed E-state index contributed by atoms with van der Waals surface area (Å²) in [5, 5.41) is 6.78. The van der Waals surface area contributed by atoms with Crippen molar-refractivity contribution in [2.45, 2.75) is 52.0 Å². The van der Waals surface area contributed by atoms with Crippen LogP contribution in [0.25, 0.3) is 0 Å². The molecular weight excluding hydrogens is 313 g/mol. The molecule has 4 heteroatoms. The van der Waals surface area contributed by atoms with Crippen molar-refractivity contribution in [3.8, 4) is 0 Å². The summed E-state index contributed by atoms with van der Waals surface area (Å²) in [6.45, 7) is 5.55. The van der Waals surface area contributed by atoms with Gasteiger partial charge in [0.15, 0.2) is 5.96 Å². The van der Waals surface area contributed by atoms with Crippen molar-refractivity contribution in [2.24, 2.45) is 10.9 Å². The van der Waals surface area contributed by atoms with Crippen molar-refractivity contribution in [3.05, 3.63) is 0 Å². The van der Waals surface area contributed by atoms with Crippen LogP contribution in [0.4, 0.5) is 0 Å². The van der Waals surface area contributed by atoms with Gasteiger partial charge in [0, 0.05) is 19.6 Å². The number of halogens is 1. The van der Waals surface area contributed by atoms with Gasteiger partial charge in [-0.05, 0) is 18.8 Å². The second kappa shape index (κ2) is 9.07. The lowest BCUT2D eigenvalue weighted by Gasteiger charge is -2.11. The van der Waals surface area contributed by atoms with Crippen molar-refractivity contribution in [1.29, 1.82) is 0 Å². The first-order valence-corrected chi connectivity index (χ1v) is 6.25. The summed E-state index contributed by atoms with van der Waals surface area (Å²) in [6.07, 6.45) is 6.49. The van der Waals surface area contributed by atoms with E-state index in [2.05, 4.69) is 29.5 Å². The zero-order valence-corrected chi connectivity index (χ0v) is 13.1. The van der Waals surface area contributed by atoms with Crippen molar-refractivity contribution < 1.29 is 0 Å². The molecule has 0 amide bonds. The third-order valence-electron chi connectivity index (χ3n) is 2.98. The highest BCUT2D eigenvalue weighted by molar-refractivity contribution is 14.0. The molecular formula is C12H26IN3. The first-order chi connectivity index (χ1) is 7.27. The summed E-state index contributed by atoms with van der Waals surface area (Å²) in [4.78, 5) is 4.21. The van der Waals surface area contributed by atoms with Gasteiger partial charge in [-0.1, -0.05) is 33.1 Å². The molecule has 1 aliphatic carbocycles. The van der Waals surface area contributed by atoms with Gasteiger partial charge >= 0.3 is 0 Å². The maximum Gasteiger partial charge on any atom is 0.191 e. The maximum atomic E-state index is 4.21. The highest BCUT2D eigenvalue weighted by Gasteiger charge is 2.32. The Balaban J connectivity index is 0.00000225. The minimum Gasteiger partial charge on any atom is -0.356 e. The monoisotopic (exact) mass is 339 g/mol. The summed E-state index contributed by atoms with van der Waals surface area (Å²) >= 11 is 0. The van der Waals surface area contributed by atoms with E-state index in [4.69, 9.17) is 0 Å². The Morgan fingerprint density at radius 3 is 2.50 bits per heavy atom. The lowest BCUT2D eigenvalue weighted by Crippen LogP contribution is -2.39. The fourth-order valence-corrected chi connectivity index (χ4v) is 1.65. The number of aliphatic imine (C=N–C) groups is 1. The molecule has 2 unspecified atom stereocenters. The predicted octanol–water partition coefficient (Wildman–Crippen LogP) is 2.76. The van der Waals surface area contributed by atoms with E-state index in [0.717, 1.165) is 18.4 Å². The number of nitrogens with one attached hydrogen (secondary N) is 2. The number of hydrogen-bond donors (Lipinski definition) is 2. The maximum absolute atomic E-state index is 4.21. The quantitative estimate of drug-likeness (QED) is 0.338. The Morgan fingerprint density at radius 1 is 1.31 bits per heavy atom. The molecule has 2 atom stereocenters. The number of hydrogen-bond acceptors (Lipinski definition) is 1. The molecule has 0 bridgehead atoms. The highest BCUT2D eigenvalue weighted by Crippen LogP contribution is 2.28. The van der Waals surface area contributed by atoms with Crippen LogP contribution < -0.4 is 10.6 Å². The molecule has 1 aliphatic rings. The van der Waals surface area contributed by atoms with E-state index < -0.39 is 0 Å². The number of nitrogens with zero attached hydrogens (tertiary/aromatic N) is 1. The van der Waals surface area contributed by atoms with Gasteiger partial charge in [-0.3, -0.25) is 4.99 Å². The molecule has 3 nitrogen and oxygen atoms in total. The fraction of sp³-hybridized carbons (Fsp3) is 0.917. The van der Waals surface area contributed by atoms with Crippen LogP contribution >= 0.6 is 24.0 Å². The van der Waals surface area contributed by atoms with Gasteiger partial charge < -0.3 is 10.6 Å². The van der Waals surface area contributed by atoms with Gasteiger partial charge in [0.05, 0.1) is 0 Å². The van der Waals surface area contributed by atoms with Crippen molar-refractivity contribution in [2.75, 3.05) is 13.6 Å². The van der Waals surface area contributed by atoms with Crippen LogP contribution in [-0.2, 0) is 0 Å². The molecule has 0 saturated heterocycles. The zero-order chi connectivity index (χ0) is 11.1. The number of guanidine groups is 1. The third kappa shape index (κ3) is 6.55. The lowest BCUT2D eigenvalue weighted by atomic mass is 10.2. The largest absolute Gasteiger partial charge is 0.356 e.